The van der Waals surface area contributed by atoms with Gasteiger partial charge in [0.15, 0.2) is 0 Å². The molecule has 1 unspecified atom stereocenters. The van der Waals surface area contributed by atoms with E-state index >= 15 is 0 Å². The van der Waals surface area contributed by atoms with E-state index in [0.29, 0.717) is 28.6 Å². The number of carbonyl (C=O) groups excluding carboxylic acids is 1. The summed E-state index contributed by atoms with van der Waals surface area (Å²) < 4.78 is 11.1. The maximum Gasteiger partial charge on any atom is 0.255 e. The summed E-state index contributed by atoms with van der Waals surface area (Å²) in [7, 11) is 3.92. The van der Waals surface area contributed by atoms with Gasteiger partial charge in [0.25, 0.3) is 5.91 Å². The minimum atomic E-state index is -0.205. The SMILES string of the molecule is Cc1noc(C)c1COc1ccccc1C(=O)NCC(c1ccccc1Cl)N(C)C. The summed E-state index contributed by atoms with van der Waals surface area (Å²) >= 11 is 6.36. The number of halogens is 1. The van der Waals surface area contributed by atoms with Crippen molar-refractivity contribution in [2.75, 3.05) is 20.6 Å². The van der Waals surface area contributed by atoms with Crippen molar-refractivity contribution in [3.8, 4) is 5.75 Å². The number of rotatable bonds is 8. The molecule has 0 saturated carbocycles. The number of likely N-dealkylation sites (N-methyl/N-ethyl adjacent to an activating group) is 1. The van der Waals surface area contributed by atoms with Crippen molar-refractivity contribution in [2.45, 2.75) is 26.5 Å². The fourth-order valence-electron chi connectivity index (χ4n) is 3.24. The van der Waals surface area contributed by atoms with Crippen LogP contribution in [-0.4, -0.2) is 36.6 Å². The Morgan fingerprint density at radius 3 is 2.53 bits per heavy atom. The molecule has 7 heteroatoms. The van der Waals surface area contributed by atoms with Crippen molar-refractivity contribution in [1.82, 2.24) is 15.4 Å². The van der Waals surface area contributed by atoms with Crippen molar-refractivity contribution in [1.29, 1.82) is 0 Å². The first kappa shape index (κ1) is 21.9. The summed E-state index contributed by atoms with van der Waals surface area (Å²) in [6, 6.07) is 14.8. The highest BCUT2D eigenvalue weighted by atomic mass is 35.5. The molecule has 1 amide bonds. The summed E-state index contributed by atoms with van der Waals surface area (Å²) in [5.41, 5.74) is 3.10. The van der Waals surface area contributed by atoms with Crippen molar-refractivity contribution in [3.63, 3.8) is 0 Å². The van der Waals surface area contributed by atoms with Crippen LogP contribution in [0.4, 0.5) is 0 Å². The minimum absolute atomic E-state index is 0.0574. The molecule has 0 aliphatic heterocycles. The average Bonchev–Trinajstić information content (AvgIpc) is 3.05. The van der Waals surface area contributed by atoms with E-state index in [4.69, 9.17) is 20.9 Å². The smallest absolute Gasteiger partial charge is 0.255 e. The van der Waals surface area contributed by atoms with Gasteiger partial charge in [0.1, 0.15) is 18.1 Å². The van der Waals surface area contributed by atoms with Crippen LogP contribution < -0.4 is 10.1 Å². The van der Waals surface area contributed by atoms with Crippen LogP contribution in [0.25, 0.3) is 0 Å². The quantitative estimate of drug-likeness (QED) is 0.571. The highest BCUT2D eigenvalue weighted by molar-refractivity contribution is 6.31. The van der Waals surface area contributed by atoms with Gasteiger partial charge in [0.2, 0.25) is 0 Å². The van der Waals surface area contributed by atoms with Gasteiger partial charge in [-0.1, -0.05) is 47.1 Å². The van der Waals surface area contributed by atoms with E-state index in [1.165, 1.54) is 0 Å². The number of nitrogens with one attached hydrogen (secondary N) is 1. The molecule has 1 heterocycles. The molecule has 0 radical (unpaired) electrons. The lowest BCUT2D eigenvalue weighted by atomic mass is 10.1. The van der Waals surface area contributed by atoms with Crippen LogP contribution in [0.15, 0.2) is 53.1 Å². The summed E-state index contributed by atoms with van der Waals surface area (Å²) in [6.45, 7) is 4.40. The number of aromatic nitrogens is 1. The van der Waals surface area contributed by atoms with Crippen molar-refractivity contribution >= 4 is 17.5 Å². The molecule has 1 atom stereocenters. The van der Waals surface area contributed by atoms with Gasteiger partial charge in [-0.15, -0.1) is 0 Å². The van der Waals surface area contributed by atoms with E-state index in [-0.39, 0.29) is 18.6 Å². The zero-order valence-electron chi connectivity index (χ0n) is 17.6. The molecule has 0 fully saturated rings. The Labute approximate surface area is 181 Å². The Hall–Kier alpha value is -2.83. The minimum Gasteiger partial charge on any atom is -0.488 e. The monoisotopic (exact) mass is 427 g/mol. The number of aryl methyl sites for hydroxylation is 2. The fraction of sp³-hybridized carbons (Fsp3) is 0.304. The first-order valence-corrected chi connectivity index (χ1v) is 10.1. The fourth-order valence-corrected chi connectivity index (χ4v) is 3.50. The standard InChI is InChI=1S/C23H26ClN3O3/c1-15-19(16(2)30-26-15)14-29-22-12-8-6-10-18(22)23(28)25-13-21(27(3)4)17-9-5-7-11-20(17)24/h5-12,21H,13-14H2,1-4H3,(H,25,28). The van der Waals surface area contributed by atoms with Gasteiger partial charge < -0.3 is 19.5 Å². The molecule has 1 aromatic heterocycles. The van der Waals surface area contributed by atoms with Gasteiger partial charge in [-0.3, -0.25) is 4.79 Å². The highest BCUT2D eigenvalue weighted by Crippen LogP contribution is 2.26. The van der Waals surface area contributed by atoms with E-state index in [0.717, 1.165) is 16.8 Å². The topological polar surface area (TPSA) is 67.6 Å². The summed E-state index contributed by atoms with van der Waals surface area (Å²) in [4.78, 5) is 15.0. The molecule has 6 nitrogen and oxygen atoms in total. The molecule has 158 valence electrons. The third kappa shape index (κ3) is 5.01. The normalized spacial score (nSPS) is 12.1. The predicted molar refractivity (Wildman–Crippen MR) is 117 cm³/mol. The number of amides is 1. The second-order valence-electron chi connectivity index (χ2n) is 7.30. The van der Waals surface area contributed by atoms with Gasteiger partial charge in [-0.05, 0) is 51.7 Å². The third-order valence-electron chi connectivity index (χ3n) is 5.03. The lowest BCUT2D eigenvalue weighted by Crippen LogP contribution is -2.34. The van der Waals surface area contributed by atoms with Crippen LogP contribution in [0.3, 0.4) is 0 Å². The molecular formula is C23H26ClN3O3. The van der Waals surface area contributed by atoms with E-state index in [9.17, 15) is 4.79 Å². The molecule has 3 aromatic rings. The van der Waals surface area contributed by atoms with E-state index in [2.05, 4.69) is 10.5 Å². The summed E-state index contributed by atoms with van der Waals surface area (Å²) in [5.74, 6) is 1.01. The number of carbonyl (C=O) groups is 1. The first-order chi connectivity index (χ1) is 14.4. The van der Waals surface area contributed by atoms with E-state index in [1.807, 2.05) is 69.2 Å². The molecule has 0 saturated heterocycles. The molecule has 1 N–H and O–H groups in total. The maximum atomic E-state index is 12.9. The number of hydrogen-bond acceptors (Lipinski definition) is 5. The van der Waals surface area contributed by atoms with Gasteiger partial charge in [0, 0.05) is 11.6 Å². The molecule has 2 aromatic carbocycles. The lowest BCUT2D eigenvalue weighted by Gasteiger charge is -2.26. The zero-order valence-corrected chi connectivity index (χ0v) is 18.4. The third-order valence-corrected chi connectivity index (χ3v) is 5.37. The lowest BCUT2D eigenvalue weighted by molar-refractivity contribution is 0.0937. The van der Waals surface area contributed by atoms with Crippen LogP contribution in [-0.2, 0) is 6.61 Å². The highest BCUT2D eigenvalue weighted by Gasteiger charge is 2.20. The van der Waals surface area contributed by atoms with Crippen molar-refractivity contribution in [3.05, 3.63) is 81.7 Å². The first-order valence-electron chi connectivity index (χ1n) is 9.71. The Balaban J connectivity index is 1.72. The number of para-hydroxylation sites is 1. The van der Waals surface area contributed by atoms with Gasteiger partial charge in [-0.25, -0.2) is 0 Å². The van der Waals surface area contributed by atoms with Gasteiger partial charge in [0.05, 0.1) is 22.9 Å². The summed E-state index contributed by atoms with van der Waals surface area (Å²) in [6.07, 6.45) is 0. The second kappa shape index (κ2) is 9.78. The van der Waals surface area contributed by atoms with Crippen LogP contribution in [0.5, 0.6) is 5.75 Å². The number of hydrogen-bond donors (Lipinski definition) is 1. The Kier molecular flexibility index (Phi) is 7.13. The largest absolute Gasteiger partial charge is 0.488 e. The number of benzene rings is 2. The zero-order chi connectivity index (χ0) is 21.7. The number of nitrogens with zero attached hydrogens (tertiary/aromatic N) is 2. The Morgan fingerprint density at radius 1 is 1.17 bits per heavy atom. The van der Waals surface area contributed by atoms with Crippen LogP contribution in [0.1, 0.15) is 39.0 Å². The molecule has 30 heavy (non-hydrogen) atoms. The van der Waals surface area contributed by atoms with Crippen LogP contribution in [0, 0.1) is 13.8 Å². The van der Waals surface area contributed by atoms with Crippen LogP contribution >= 0.6 is 11.6 Å². The predicted octanol–water partition coefficient (Wildman–Crippen LogP) is 4.56. The summed E-state index contributed by atoms with van der Waals surface area (Å²) in [5, 5.41) is 7.62. The molecule has 0 bridgehead atoms. The van der Waals surface area contributed by atoms with Gasteiger partial charge in [-0.2, -0.15) is 0 Å². The molecular weight excluding hydrogens is 402 g/mol. The number of ether oxygens (including phenoxy) is 1. The molecule has 0 spiro atoms. The Morgan fingerprint density at radius 2 is 1.87 bits per heavy atom. The van der Waals surface area contributed by atoms with Crippen LogP contribution in [0.2, 0.25) is 5.02 Å². The molecule has 3 rings (SSSR count). The van der Waals surface area contributed by atoms with E-state index < -0.39 is 0 Å². The van der Waals surface area contributed by atoms with Crippen molar-refractivity contribution < 1.29 is 14.1 Å². The van der Waals surface area contributed by atoms with E-state index in [1.54, 1.807) is 12.1 Å². The average molecular weight is 428 g/mol. The second-order valence-corrected chi connectivity index (χ2v) is 7.71. The Bertz CT molecular complexity index is 997. The molecule has 0 aliphatic carbocycles. The molecule has 0 aliphatic rings. The maximum absolute atomic E-state index is 12.9. The van der Waals surface area contributed by atoms with Crippen molar-refractivity contribution in [2.24, 2.45) is 0 Å². The van der Waals surface area contributed by atoms with Gasteiger partial charge >= 0.3 is 0 Å².